The molecule has 0 amide bonds. The molecule has 2 unspecified atom stereocenters. The van der Waals surface area contributed by atoms with Crippen LogP contribution in [0.5, 0.6) is 0 Å². The van der Waals surface area contributed by atoms with Crippen LogP contribution >= 0.6 is 0 Å². The normalized spacial score (nSPS) is 29.0. The van der Waals surface area contributed by atoms with E-state index in [1.54, 1.807) is 0 Å². The number of ether oxygens (including phenoxy) is 7. The lowest BCUT2D eigenvalue weighted by atomic mass is 9.98. The minimum atomic E-state index is -0.978. The van der Waals surface area contributed by atoms with Gasteiger partial charge in [0.05, 0.1) is 38.6 Å². The molecule has 2 fully saturated rings. The predicted molar refractivity (Wildman–Crippen MR) is 163 cm³/mol. The summed E-state index contributed by atoms with van der Waals surface area (Å²) in [6.07, 6.45) is -4.80. The van der Waals surface area contributed by atoms with Gasteiger partial charge in [-0.15, -0.1) is 0 Å². The van der Waals surface area contributed by atoms with Crippen molar-refractivity contribution in [2.45, 2.75) is 95.3 Å². The van der Waals surface area contributed by atoms with Crippen molar-refractivity contribution in [2.24, 2.45) is 5.73 Å². The summed E-state index contributed by atoms with van der Waals surface area (Å²) in [4.78, 5) is 0. The lowest BCUT2D eigenvalue weighted by Crippen LogP contribution is -2.62. The first-order valence-electron chi connectivity index (χ1n) is 15.2. The van der Waals surface area contributed by atoms with E-state index in [1.807, 2.05) is 112 Å². The van der Waals surface area contributed by atoms with Crippen LogP contribution in [0.1, 0.15) is 37.5 Å². The number of hydrogen-bond donors (Lipinski definition) is 1. The summed E-state index contributed by atoms with van der Waals surface area (Å²) in [6, 6.07) is 28.8. The minimum Gasteiger partial charge on any atom is -0.368 e. The number of hydrogen-bond acceptors (Lipinski definition) is 8. The van der Waals surface area contributed by atoms with Gasteiger partial charge in [-0.3, -0.25) is 0 Å². The molecule has 44 heavy (non-hydrogen) atoms. The Labute approximate surface area is 259 Å². The quantitative estimate of drug-likeness (QED) is 0.263. The Bertz CT molecular complexity index is 1250. The molecule has 2 aliphatic rings. The van der Waals surface area contributed by atoms with Crippen molar-refractivity contribution in [3.05, 3.63) is 108 Å². The third kappa shape index (κ3) is 8.71. The maximum absolute atomic E-state index is 14.7. The molecule has 0 bridgehead atoms. The summed E-state index contributed by atoms with van der Waals surface area (Å²) in [5.74, 6) is -0.747. The van der Waals surface area contributed by atoms with Crippen molar-refractivity contribution in [1.29, 1.82) is 0 Å². The van der Waals surface area contributed by atoms with Crippen LogP contribution in [0.25, 0.3) is 0 Å². The molecular weight excluding hydrogens is 565 g/mol. The van der Waals surface area contributed by atoms with Gasteiger partial charge in [0.15, 0.2) is 12.1 Å². The second-order valence-corrected chi connectivity index (χ2v) is 11.8. The zero-order valence-electron chi connectivity index (χ0n) is 25.6. The first-order chi connectivity index (χ1) is 21.3. The van der Waals surface area contributed by atoms with Crippen LogP contribution < -0.4 is 5.73 Å². The smallest absolute Gasteiger partial charge is 0.187 e. The van der Waals surface area contributed by atoms with Crippen LogP contribution in [0, 0.1) is 0 Å². The van der Waals surface area contributed by atoms with Crippen LogP contribution in [0.2, 0.25) is 0 Å². The van der Waals surface area contributed by atoms with E-state index in [1.165, 1.54) is 0 Å². The molecule has 0 aliphatic carbocycles. The Hall–Kier alpha value is -2.73. The molecule has 2 heterocycles. The molecule has 0 radical (unpaired) electrons. The zero-order valence-corrected chi connectivity index (χ0v) is 25.6. The molecule has 0 spiro atoms. The largest absolute Gasteiger partial charge is 0.368 e. The van der Waals surface area contributed by atoms with Crippen LogP contribution in [0.3, 0.4) is 0 Å². The van der Waals surface area contributed by atoms with E-state index < -0.39 is 49.2 Å². The van der Waals surface area contributed by atoms with Gasteiger partial charge in [0, 0.05) is 0 Å². The van der Waals surface area contributed by atoms with Gasteiger partial charge < -0.3 is 38.9 Å². The van der Waals surface area contributed by atoms with E-state index in [0.29, 0.717) is 0 Å². The second kappa shape index (κ2) is 15.5. The highest BCUT2D eigenvalue weighted by Gasteiger charge is 2.50. The first kappa shape index (κ1) is 32.7. The average Bonchev–Trinajstić information content (AvgIpc) is 3.33. The molecule has 238 valence electrons. The minimum absolute atomic E-state index is 0.0737. The van der Waals surface area contributed by atoms with Crippen LogP contribution in [0.4, 0.5) is 4.39 Å². The van der Waals surface area contributed by atoms with Gasteiger partial charge in [0.1, 0.15) is 37.2 Å². The first-order valence-corrected chi connectivity index (χ1v) is 15.2. The highest BCUT2D eigenvalue weighted by molar-refractivity contribution is 5.15. The van der Waals surface area contributed by atoms with Crippen LogP contribution in [-0.2, 0) is 53.0 Å². The molecule has 2 aliphatic heterocycles. The standard InChI is InChI=1S/C35H44FNO7/c1-24-30(44-35(2,3)43-24)28(37)23-41-34-33(40-22-27-17-11-6-12-18-27)32(39-21-26-15-9-5-10-16-26)31(29(19-36)42-34)38-20-25-13-7-4-8-14-25/h4-18,24,28-34H,19-23,37H2,1-3H3/t24-,28+,29?,30-,31-,32+,33?,34+/m1/s1. The van der Waals surface area contributed by atoms with E-state index in [0.717, 1.165) is 16.7 Å². The van der Waals surface area contributed by atoms with E-state index in [9.17, 15) is 4.39 Å². The fourth-order valence-corrected chi connectivity index (χ4v) is 5.71. The second-order valence-electron chi connectivity index (χ2n) is 11.8. The summed E-state index contributed by atoms with van der Waals surface area (Å²) >= 11 is 0. The lowest BCUT2D eigenvalue weighted by molar-refractivity contribution is -0.325. The maximum Gasteiger partial charge on any atom is 0.187 e. The fourth-order valence-electron chi connectivity index (χ4n) is 5.71. The molecule has 8 nitrogen and oxygen atoms in total. The Morgan fingerprint density at radius 3 is 1.64 bits per heavy atom. The molecule has 0 aromatic heterocycles. The van der Waals surface area contributed by atoms with E-state index in [4.69, 9.17) is 38.9 Å². The van der Waals surface area contributed by atoms with Crippen molar-refractivity contribution >= 4 is 0 Å². The highest BCUT2D eigenvalue weighted by Crippen LogP contribution is 2.33. The van der Waals surface area contributed by atoms with Gasteiger partial charge in [-0.1, -0.05) is 91.0 Å². The van der Waals surface area contributed by atoms with E-state index >= 15 is 0 Å². The van der Waals surface area contributed by atoms with Gasteiger partial charge >= 0.3 is 0 Å². The molecule has 3 aromatic carbocycles. The van der Waals surface area contributed by atoms with Gasteiger partial charge in [-0.25, -0.2) is 4.39 Å². The van der Waals surface area contributed by atoms with Crippen molar-refractivity contribution in [3.8, 4) is 0 Å². The Kier molecular flexibility index (Phi) is 11.5. The Morgan fingerprint density at radius 2 is 1.18 bits per heavy atom. The number of alkyl halides is 1. The van der Waals surface area contributed by atoms with E-state index in [-0.39, 0.29) is 38.6 Å². The van der Waals surface area contributed by atoms with Crippen LogP contribution in [-0.4, -0.2) is 68.0 Å². The Balaban J connectivity index is 1.38. The topological polar surface area (TPSA) is 90.6 Å². The van der Waals surface area contributed by atoms with Crippen LogP contribution in [0.15, 0.2) is 91.0 Å². The number of benzene rings is 3. The summed E-state index contributed by atoms with van der Waals surface area (Å²) in [5.41, 5.74) is 9.42. The summed E-state index contributed by atoms with van der Waals surface area (Å²) < 4.78 is 58.5. The van der Waals surface area contributed by atoms with Gasteiger partial charge in [0.25, 0.3) is 0 Å². The molecule has 2 N–H and O–H groups in total. The monoisotopic (exact) mass is 609 g/mol. The van der Waals surface area contributed by atoms with Crippen molar-refractivity contribution < 1.29 is 37.5 Å². The number of rotatable bonds is 14. The SMILES string of the molecule is C[C@H]1OC(C)(C)O[C@H]1[C@@H](N)CO[C@H]1OC(CF)[C@@H](OCc2ccccc2)[C@H](OCc2ccccc2)C1OCc1ccccc1. The fraction of sp³-hybridized carbons (Fsp3) is 0.486. The zero-order chi connectivity index (χ0) is 30.9. The summed E-state index contributed by atoms with van der Waals surface area (Å²) in [7, 11) is 0. The highest BCUT2D eigenvalue weighted by atomic mass is 19.1. The molecule has 8 atom stereocenters. The van der Waals surface area contributed by atoms with Gasteiger partial charge in [0.2, 0.25) is 0 Å². The molecule has 2 saturated heterocycles. The Morgan fingerprint density at radius 1 is 0.705 bits per heavy atom. The molecule has 0 saturated carbocycles. The molecule has 9 heteroatoms. The third-order valence-corrected chi connectivity index (χ3v) is 7.83. The predicted octanol–water partition coefficient (Wildman–Crippen LogP) is 5.32. The average molecular weight is 610 g/mol. The van der Waals surface area contributed by atoms with Crippen molar-refractivity contribution in [1.82, 2.24) is 0 Å². The molecular formula is C35H44FNO7. The summed E-state index contributed by atoms with van der Waals surface area (Å²) in [6.45, 7) is 5.69. The number of halogens is 1. The third-order valence-electron chi connectivity index (χ3n) is 7.83. The van der Waals surface area contributed by atoms with Gasteiger partial charge in [-0.2, -0.15) is 0 Å². The van der Waals surface area contributed by atoms with Crippen molar-refractivity contribution in [3.63, 3.8) is 0 Å². The lowest BCUT2D eigenvalue weighted by Gasteiger charge is -2.45. The van der Waals surface area contributed by atoms with Crippen molar-refractivity contribution in [2.75, 3.05) is 13.3 Å². The molecule has 5 rings (SSSR count). The van der Waals surface area contributed by atoms with E-state index in [2.05, 4.69) is 0 Å². The molecule has 3 aromatic rings. The maximum atomic E-state index is 14.7. The summed E-state index contributed by atoms with van der Waals surface area (Å²) in [5, 5.41) is 0. The number of nitrogens with two attached hydrogens (primary N) is 1. The van der Waals surface area contributed by atoms with Gasteiger partial charge in [-0.05, 0) is 37.5 Å².